The van der Waals surface area contributed by atoms with Gasteiger partial charge in [-0.2, -0.15) is 0 Å². The van der Waals surface area contributed by atoms with E-state index >= 15 is 0 Å². The SMILES string of the molecule is CCOc1cc(C(=O)C(C)CC)ccc1O. The van der Waals surface area contributed by atoms with Gasteiger partial charge in [-0.15, -0.1) is 0 Å². The Hall–Kier alpha value is -1.51. The highest BCUT2D eigenvalue weighted by Gasteiger charge is 2.15. The molecule has 0 saturated carbocycles. The predicted octanol–water partition coefficient (Wildman–Crippen LogP) is 3.02. The van der Waals surface area contributed by atoms with E-state index in [0.29, 0.717) is 17.9 Å². The van der Waals surface area contributed by atoms with E-state index in [-0.39, 0.29) is 17.5 Å². The number of ketones is 1. The van der Waals surface area contributed by atoms with Gasteiger partial charge >= 0.3 is 0 Å². The number of aromatic hydroxyl groups is 1. The highest BCUT2D eigenvalue weighted by atomic mass is 16.5. The van der Waals surface area contributed by atoms with E-state index in [4.69, 9.17) is 4.74 Å². The molecule has 0 amide bonds. The van der Waals surface area contributed by atoms with Crippen molar-refractivity contribution in [2.75, 3.05) is 6.61 Å². The van der Waals surface area contributed by atoms with Crippen LogP contribution in [0.25, 0.3) is 0 Å². The molecule has 88 valence electrons. The predicted molar refractivity (Wildman–Crippen MR) is 63.1 cm³/mol. The first-order valence-electron chi connectivity index (χ1n) is 5.60. The van der Waals surface area contributed by atoms with E-state index in [0.717, 1.165) is 6.42 Å². The van der Waals surface area contributed by atoms with Crippen LogP contribution in [0.1, 0.15) is 37.6 Å². The van der Waals surface area contributed by atoms with Crippen LogP contribution in [0.2, 0.25) is 0 Å². The average Bonchev–Trinajstić information content (AvgIpc) is 2.30. The fourth-order valence-corrected chi connectivity index (χ4v) is 1.41. The average molecular weight is 222 g/mol. The van der Waals surface area contributed by atoms with Gasteiger partial charge in [-0.05, 0) is 31.5 Å². The number of hydrogen-bond donors (Lipinski definition) is 1. The molecule has 0 spiro atoms. The molecule has 16 heavy (non-hydrogen) atoms. The maximum Gasteiger partial charge on any atom is 0.165 e. The third-order valence-electron chi connectivity index (χ3n) is 2.60. The van der Waals surface area contributed by atoms with Crippen molar-refractivity contribution in [1.29, 1.82) is 0 Å². The molecule has 1 aromatic rings. The fraction of sp³-hybridized carbons (Fsp3) is 0.462. The third kappa shape index (κ3) is 2.75. The largest absolute Gasteiger partial charge is 0.504 e. The van der Waals surface area contributed by atoms with Crippen LogP contribution in [-0.4, -0.2) is 17.5 Å². The van der Waals surface area contributed by atoms with Crippen molar-refractivity contribution in [1.82, 2.24) is 0 Å². The van der Waals surface area contributed by atoms with Crippen molar-refractivity contribution in [2.45, 2.75) is 27.2 Å². The topological polar surface area (TPSA) is 46.5 Å². The van der Waals surface area contributed by atoms with Crippen LogP contribution < -0.4 is 4.74 Å². The van der Waals surface area contributed by atoms with Crippen molar-refractivity contribution < 1.29 is 14.6 Å². The van der Waals surface area contributed by atoms with Crippen molar-refractivity contribution >= 4 is 5.78 Å². The molecule has 0 aromatic heterocycles. The summed E-state index contributed by atoms with van der Waals surface area (Å²) in [7, 11) is 0. The molecule has 0 fully saturated rings. The number of phenols is 1. The number of hydrogen-bond acceptors (Lipinski definition) is 3. The van der Waals surface area contributed by atoms with Gasteiger partial charge in [0.1, 0.15) is 0 Å². The molecule has 0 heterocycles. The number of rotatable bonds is 5. The van der Waals surface area contributed by atoms with Gasteiger partial charge in [-0.3, -0.25) is 4.79 Å². The molecular weight excluding hydrogens is 204 g/mol. The second-order valence-corrected chi connectivity index (χ2v) is 3.79. The second kappa shape index (κ2) is 5.54. The fourth-order valence-electron chi connectivity index (χ4n) is 1.41. The monoisotopic (exact) mass is 222 g/mol. The van der Waals surface area contributed by atoms with Gasteiger partial charge in [-0.25, -0.2) is 0 Å². The lowest BCUT2D eigenvalue weighted by atomic mass is 9.97. The van der Waals surface area contributed by atoms with Gasteiger partial charge in [0.15, 0.2) is 17.3 Å². The molecule has 1 N–H and O–H groups in total. The van der Waals surface area contributed by atoms with Gasteiger partial charge in [0.2, 0.25) is 0 Å². The number of Topliss-reactive ketones (excluding diaryl/α,β-unsaturated/α-hetero) is 1. The zero-order valence-electron chi connectivity index (χ0n) is 9.99. The standard InChI is InChI=1S/C13H18O3/c1-4-9(3)13(15)10-6-7-11(14)12(8-10)16-5-2/h6-9,14H,4-5H2,1-3H3. The Kier molecular flexibility index (Phi) is 4.35. The third-order valence-corrected chi connectivity index (χ3v) is 2.60. The summed E-state index contributed by atoms with van der Waals surface area (Å²) >= 11 is 0. The van der Waals surface area contributed by atoms with Crippen LogP contribution in [-0.2, 0) is 0 Å². The highest BCUT2D eigenvalue weighted by Crippen LogP contribution is 2.28. The molecule has 0 aliphatic rings. The van der Waals surface area contributed by atoms with Crippen LogP contribution in [0.5, 0.6) is 11.5 Å². The lowest BCUT2D eigenvalue weighted by Crippen LogP contribution is -2.10. The van der Waals surface area contributed by atoms with Crippen molar-refractivity contribution in [3.8, 4) is 11.5 Å². The van der Waals surface area contributed by atoms with Gasteiger partial charge < -0.3 is 9.84 Å². The zero-order chi connectivity index (χ0) is 12.1. The number of benzene rings is 1. The lowest BCUT2D eigenvalue weighted by Gasteiger charge is -2.10. The lowest BCUT2D eigenvalue weighted by molar-refractivity contribution is 0.0927. The van der Waals surface area contributed by atoms with Gasteiger partial charge in [-0.1, -0.05) is 13.8 Å². The quantitative estimate of drug-likeness (QED) is 0.779. The number of ether oxygens (including phenoxy) is 1. The van der Waals surface area contributed by atoms with Crippen molar-refractivity contribution in [3.05, 3.63) is 23.8 Å². The Morgan fingerprint density at radius 1 is 1.44 bits per heavy atom. The summed E-state index contributed by atoms with van der Waals surface area (Å²) in [4.78, 5) is 11.9. The van der Waals surface area contributed by atoms with Crippen LogP contribution in [0, 0.1) is 5.92 Å². The Morgan fingerprint density at radius 2 is 2.12 bits per heavy atom. The molecule has 1 unspecified atom stereocenters. The second-order valence-electron chi connectivity index (χ2n) is 3.79. The van der Waals surface area contributed by atoms with Crippen LogP contribution >= 0.6 is 0 Å². The summed E-state index contributed by atoms with van der Waals surface area (Å²) < 4.78 is 5.24. The molecule has 1 aromatic carbocycles. The summed E-state index contributed by atoms with van der Waals surface area (Å²) in [5.74, 6) is 0.529. The molecule has 0 aliphatic carbocycles. The molecule has 1 atom stereocenters. The Balaban J connectivity index is 2.98. The molecule has 0 bridgehead atoms. The Morgan fingerprint density at radius 3 is 2.69 bits per heavy atom. The maximum absolute atomic E-state index is 11.9. The number of carbonyl (C=O) groups is 1. The summed E-state index contributed by atoms with van der Waals surface area (Å²) in [5.41, 5.74) is 0.593. The molecule has 0 radical (unpaired) electrons. The van der Waals surface area contributed by atoms with Crippen LogP contribution in [0.4, 0.5) is 0 Å². The first-order valence-corrected chi connectivity index (χ1v) is 5.60. The molecule has 3 heteroatoms. The smallest absolute Gasteiger partial charge is 0.165 e. The first kappa shape index (κ1) is 12.6. The summed E-state index contributed by atoms with van der Waals surface area (Å²) in [5, 5.41) is 9.51. The first-order chi connectivity index (χ1) is 7.60. The van der Waals surface area contributed by atoms with Crippen molar-refractivity contribution in [3.63, 3.8) is 0 Å². The summed E-state index contributed by atoms with van der Waals surface area (Å²) in [6.07, 6.45) is 0.809. The minimum Gasteiger partial charge on any atom is -0.504 e. The maximum atomic E-state index is 11.9. The zero-order valence-corrected chi connectivity index (χ0v) is 9.99. The van der Waals surface area contributed by atoms with Crippen LogP contribution in [0.15, 0.2) is 18.2 Å². The van der Waals surface area contributed by atoms with Gasteiger partial charge in [0, 0.05) is 11.5 Å². The molecular formula is C13H18O3. The minimum absolute atomic E-state index is 0.000908. The van der Waals surface area contributed by atoms with E-state index in [2.05, 4.69) is 0 Å². The van der Waals surface area contributed by atoms with E-state index < -0.39 is 0 Å². The van der Waals surface area contributed by atoms with E-state index in [1.165, 1.54) is 6.07 Å². The molecule has 1 rings (SSSR count). The van der Waals surface area contributed by atoms with E-state index in [1.54, 1.807) is 12.1 Å². The Bertz CT molecular complexity index is 371. The highest BCUT2D eigenvalue weighted by molar-refractivity contribution is 5.98. The normalized spacial score (nSPS) is 12.2. The summed E-state index contributed by atoms with van der Waals surface area (Å²) in [6, 6.07) is 4.74. The number of phenolic OH excluding ortho intramolecular Hbond substituents is 1. The molecule has 0 saturated heterocycles. The van der Waals surface area contributed by atoms with E-state index in [1.807, 2.05) is 20.8 Å². The van der Waals surface area contributed by atoms with Crippen molar-refractivity contribution in [2.24, 2.45) is 5.92 Å². The van der Waals surface area contributed by atoms with Gasteiger partial charge in [0.05, 0.1) is 6.61 Å². The van der Waals surface area contributed by atoms with Crippen LogP contribution in [0.3, 0.4) is 0 Å². The van der Waals surface area contributed by atoms with Gasteiger partial charge in [0.25, 0.3) is 0 Å². The summed E-state index contributed by atoms with van der Waals surface area (Å²) in [6.45, 7) is 6.18. The number of carbonyl (C=O) groups excluding carboxylic acids is 1. The van der Waals surface area contributed by atoms with E-state index in [9.17, 15) is 9.90 Å². The Labute approximate surface area is 96.1 Å². The minimum atomic E-state index is -0.000908. The molecule has 3 nitrogen and oxygen atoms in total. The molecule has 0 aliphatic heterocycles.